The third-order valence-electron chi connectivity index (χ3n) is 3.22. The normalized spacial score (nSPS) is 14.8. The number of hydrogen-bond donors (Lipinski definition) is 1. The Morgan fingerprint density at radius 3 is 2.74 bits per heavy atom. The molecule has 0 radical (unpaired) electrons. The van der Waals surface area contributed by atoms with Gasteiger partial charge in [0.1, 0.15) is 5.76 Å². The molecule has 0 aromatic carbocycles. The fourth-order valence-corrected chi connectivity index (χ4v) is 3.37. The third-order valence-corrected chi connectivity index (χ3v) is 4.44. The summed E-state index contributed by atoms with van der Waals surface area (Å²) < 4.78 is 6.36. The molecular formula is C14H19ClN2OS. The summed E-state index contributed by atoms with van der Waals surface area (Å²) in [6.45, 7) is 2.91. The molecule has 0 saturated carbocycles. The first kappa shape index (κ1) is 14.6. The van der Waals surface area contributed by atoms with Crippen LogP contribution in [-0.4, -0.2) is 18.0 Å². The Hall–Kier alpha value is -0.810. The minimum Gasteiger partial charge on any atom is -0.468 e. The van der Waals surface area contributed by atoms with Gasteiger partial charge in [-0.2, -0.15) is 0 Å². The van der Waals surface area contributed by atoms with Gasteiger partial charge in [0, 0.05) is 17.5 Å². The lowest BCUT2D eigenvalue weighted by Crippen LogP contribution is -2.38. The van der Waals surface area contributed by atoms with Gasteiger partial charge in [-0.05, 0) is 37.7 Å². The molecule has 2 atom stereocenters. The van der Waals surface area contributed by atoms with Crippen LogP contribution in [0.5, 0.6) is 0 Å². The fraction of sp³-hybridized carbons (Fsp3) is 0.429. The van der Waals surface area contributed by atoms with Crippen molar-refractivity contribution < 1.29 is 4.42 Å². The summed E-state index contributed by atoms with van der Waals surface area (Å²) >= 11 is 7.57. The van der Waals surface area contributed by atoms with Gasteiger partial charge in [0.15, 0.2) is 0 Å². The summed E-state index contributed by atoms with van der Waals surface area (Å²) in [5.74, 6) is 0.916. The van der Waals surface area contributed by atoms with Gasteiger partial charge in [-0.3, -0.25) is 4.90 Å². The van der Waals surface area contributed by atoms with E-state index in [0.29, 0.717) is 0 Å². The Morgan fingerprint density at radius 2 is 2.21 bits per heavy atom. The predicted octanol–water partition coefficient (Wildman–Crippen LogP) is 3.90. The van der Waals surface area contributed by atoms with E-state index in [4.69, 9.17) is 21.8 Å². The molecule has 3 nitrogen and oxygen atoms in total. The van der Waals surface area contributed by atoms with Gasteiger partial charge in [0.25, 0.3) is 0 Å². The highest BCUT2D eigenvalue weighted by Gasteiger charge is 2.25. The molecule has 0 bridgehead atoms. The van der Waals surface area contributed by atoms with Gasteiger partial charge in [-0.25, -0.2) is 0 Å². The molecule has 5 heteroatoms. The minimum absolute atomic E-state index is 0.0478. The first-order valence-corrected chi connectivity index (χ1v) is 7.54. The third kappa shape index (κ3) is 3.60. The number of hydrogen-bond acceptors (Lipinski definition) is 4. The Bertz CT molecular complexity index is 497. The Kier molecular flexibility index (Phi) is 5.05. The smallest absolute Gasteiger partial charge is 0.122 e. The molecule has 2 heterocycles. The summed E-state index contributed by atoms with van der Waals surface area (Å²) in [5, 5.41) is 0. The number of thiophene rings is 1. The molecule has 0 saturated heterocycles. The Balaban J connectivity index is 2.14. The second-order valence-electron chi connectivity index (χ2n) is 4.65. The summed E-state index contributed by atoms with van der Waals surface area (Å²) in [6.07, 6.45) is 2.60. The maximum Gasteiger partial charge on any atom is 0.122 e. The number of halogens is 1. The van der Waals surface area contributed by atoms with E-state index in [1.165, 1.54) is 4.88 Å². The maximum absolute atomic E-state index is 6.24. The molecule has 0 aliphatic heterocycles. The van der Waals surface area contributed by atoms with Crippen LogP contribution in [-0.2, 0) is 6.54 Å². The second kappa shape index (κ2) is 6.57. The lowest BCUT2D eigenvalue weighted by Gasteiger charge is -2.30. The number of nitrogens with two attached hydrogens (primary N) is 1. The summed E-state index contributed by atoms with van der Waals surface area (Å²) in [7, 11) is 2.07. The Morgan fingerprint density at radius 1 is 1.42 bits per heavy atom. The van der Waals surface area contributed by atoms with Gasteiger partial charge >= 0.3 is 0 Å². The molecule has 2 rings (SSSR count). The van der Waals surface area contributed by atoms with Crippen LogP contribution in [0.25, 0.3) is 0 Å². The molecular weight excluding hydrogens is 280 g/mol. The van der Waals surface area contributed by atoms with Crippen molar-refractivity contribution in [2.45, 2.75) is 32.0 Å². The topological polar surface area (TPSA) is 42.4 Å². The van der Waals surface area contributed by atoms with Gasteiger partial charge in [-0.15, -0.1) is 11.3 Å². The molecule has 2 aromatic rings. The van der Waals surface area contributed by atoms with Crippen LogP contribution in [0.15, 0.2) is 34.9 Å². The quantitative estimate of drug-likeness (QED) is 0.879. The van der Waals surface area contributed by atoms with E-state index in [1.54, 1.807) is 17.6 Å². The first-order chi connectivity index (χ1) is 9.11. The van der Waals surface area contributed by atoms with Crippen molar-refractivity contribution in [3.8, 4) is 0 Å². The predicted molar refractivity (Wildman–Crippen MR) is 80.5 cm³/mol. The maximum atomic E-state index is 6.24. The van der Waals surface area contributed by atoms with Crippen LogP contribution in [0, 0.1) is 0 Å². The summed E-state index contributed by atoms with van der Waals surface area (Å²) in [6, 6.07) is 8.00. The highest BCUT2D eigenvalue weighted by Crippen LogP contribution is 2.28. The van der Waals surface area contributed by atoms with Gasteiger partial charge in [0.2, 0.25) is 0 Å². The highest BCUT2D eigenvalue weighted by atomic mass is 35.5. The molecule has 0 spiro atoms. The standard InChI is InChI=1S/C14H19ClN2OS/c1-3-11(16)14(12-5-4-8-18-12)17(2)9-10-6-7-13(15)19-10/h4-8,11,14H,3,9,16H2,1-2H3. The number of nitrogens with zero attached hydrogens (tertiary/aromatic N) is 1. The van der Waals surface area contributed by atoms with E-state index in [2.05, 4.69) is 24.9 Å². The van der Waals surface area contributed by atoms with E-state index in [1.807, 2.05) is 18.2 Å². The molecule has 0 aliphatic carbocycles. The average molecular weight is 299 g/mol. The summed E-state index contributed by atoms with van der Waals surface area (Å²) in [5.41, 5.74) is 6.24. The van der Waals surface area contributed by atoms with Crippen molar-refractivity contribution >= 4 is 22.9 Å². The van der Waals surface area contributed by atoms with Crippen LogP contribution < -0.4 is 5.73 Å². The van der Waals surface area contributed by atoms with E-state index in [0.717, 1.165) is 23.1 Å². The van der Waals surface area contributed by atoms with Crippen molar-refractivity contribution in [1.29, 1.82) is 0 Å². The SMILES string of the molecule is CCC(N)C(c1ccco1)N(C)Cc1ccc(Cl)s1. The molecule has 0 fully saturated rings. The van der Waals surface area contributed by atoms with Gasteiger partial charge in [-0.1, -0.05) is 18.5 Å². The van der Waals surface area contributed by atoms with Crippen LogP contribution >= 0.6 is 22.9 Å². The molecule has 2 unspecified atom stereocenters. The van der Waals surface area contributed by atoms with E-state index >= 15 is 0 Å². The van der Waals surface area contributed by atoms with Gasteiger partial charge < -0.3 is 10.2 Å². The minimum atomic E-state index is 0.0478. The van der Waals surface area contributed by atoms with Crippen LogP contribution in [0.2, 0.25) is 4.34 Å². The van der Waals surface area contributed by atoms with Crippen molar-refractivity contribution in [3.05, 3.63) is 45.5 Å². The first-order valence-electron chi connectivity index (χ1n) is 6.35. The second-order valence-corrected chi connectivity index (χ2v) is 6.45. The van der Waals surface area contributed by atoms with E-state index in [-0.39, 0.29) is 12.1 Å². The zero-order valence-corrected chi connectivity index (χ0v) is 12.7. The molecule has 104 valence electrons. The molecule has 2 N–H and O–H groups in total. The molecule has 19 heavy (non-hydrogen) atoms. The largest absolute Gasteiger partial charge is 0.468 e. The molecule has 0 aliphatic rings. The fourth-order valence-electron chi connectivity index (χ4n) is 2.22. The highest BCUT2D eigenvalue weighted by molar-refractivity contribution is 7.16. The monoisotopic (exact) mass is 298 g/mol. The van der Waals surface area contributed by atoms with E-state index in [9.17, 15) is 0 Å². The lowest BCUT2D eigenvalue weighted by atomic mass is 10.0. The van der Waals surface area contributed by atoms with Crippen LogP contribution in [0.4, 0.5) is 0 Å². The van der Waals surface area contributed by atoms with Crippen molar-refractivity contribution in [1.82, 2.24) is 4.90 Å². The van der Waals surface area contributed by atoms with Crippen molar-refractivity contribution in [2.24, 2.45) is 5.73 Å². The number of likely N-dealkylation sites (N-methyl/N-ethyl adjacent to an activating group) is 1. The van der Waals surface area contributed by atoms with Gasteiger partial charge in [0.05, 0.1) is 16.6 Å². The Labute approximate surface area is 123 Å². The van der Waals surface area contributed by atoms with Crippen molar-refractivity contribution in [3.63, 3.8) is 0 Å². The molecule has 2 aromatic heterocycles. The van der Waals surface area contributed by atoms with Crippen LogP contribution in [0.3, 0.4) is 0 Å². The van der Waals surface area contributed by atoms with Crippen LogP contribution in [0.1, 0.15) is 30.0 Å². The zero-order valence-electron chi connectivity index (χ0n) is 11.2. The number of furan rings is 1. The number of rotatable bonds is 6. The molecule has 0 amide bonds. The zero-order chi connectivity index (χ0) is 13.8. The van der Waals surface area contributed by atoms with E-state index < -0.39 is 0 Å². The van der Waals surface area contributed by atoms with Crippen molar-refractivity contribution in [2.75, 3.05) is 7.05 Å². The summed E-state index contributed by atoms with van der Waals surface area (Å²) in [4.78, 5) is 3.45. The lowest BCUT2D eigenvalue weighted by molar-refractivity contribution is 0.177. The average Bonchev–Trinajstić information content (AvgIpc) is 3.01.